The second-order valence-electron chi connectivity index (χ2n) is 8.20. The van der Waals surface area contributed by atoms with Gasteiger partial charge in [0.25, 0.3) is 0 Å². The highest BCUT2D eigenvalue weighted by Gasteiger charge is 2.60. The van der Waals surface area contributed by atoms with Crippen molar-refractivity contribution in [3.05, 3.63) is 71.9 Å². The van der Waals surface area contributed by atoms with E-state index in [0.29, 0.717) is 30.0 Å². The highest BCUT2D eigenvalue weighted by molar-refractivity contribution is 5.91. The largest absolute Gasteiger partial charge is 0.493 e. The Bertz CT molecular complexity index is 1110. The Kier molecular flexibility index (Phi) is 8.37. The zero-order valence-corrected chi connectivity index (χ0v) is 20.1. The molecule has 0 aromatic heterocycles. The number of aryl methyl sites for hydroxylation is 1. The van der Waals surface area contributed by atoms with E-state index in [2.05, 4.69) is 0 Å². The van der Waals surface area contributed by atoms with Gasteiger partial charge in [-0.1, -0.05) is 42.5 Å². The predicted octanol–water partition coefficient (Wildman–Crippen LogP) is 3.78. The van der Waals surface area contributed by atoms with Crippen LogP contribution in [0, 0.1) is 16.7 Å². The Balaban J connectivity index is 2.04. The summed E-state index contributed by atoms with van der Waals surface area (Å²) in [6.45, 7) is 2.10. The normalized spacial score (nSPS) is 21.1. The first-order valence-corrected chi connectivity index (χ1v) is 11.4. The van der Waals surface area contributed by atoms with Crippen molar-refractivity contribution in [2.75, 3.05) is 27.4 Å². The minimum absolute atomic E-state index is 0.0685. The topological polar surface area (TPSA) is 109 Å². The fourth-order valence-electron chi connectivity index (χ4n) is 4.57. The van der Waals surface area contributed by atoms with Gasteiger partial charge >= 0.3 is 11.9 Å². The van der Waals surface area contributed by atoms with Crippen molar-refractivity contribution in [2.24, 2.45) is 5.41 Å². The van der Waals surface area contributed by atoms with Gasteiger partial charge in [-0.25, -0.2) is 4.79 Å². The second kappa shape index (κ2) is 11.4. The molecule has 184 valence electrons. The van der Waals surface area contributed by atoms with Crippen LogP contribution in [0.1, 0.15) is 30.4 Å². The number of aliphatic carboxylic acids is 1. The van der Waals surface area contributed by atoms with Crippen molar-refractivity contribution in [1.29, 1.82) is 5.26 Å². The second-order valence-corrected chi connectivity index (χ2v) is 8.20. The third-order valence-corrected chi connectivity index (χ3v) is 6.26. The molecule has 35 heavy (non-hydrogen) atoms. The van der Waals surface area contributed by atoms with E-state index in [0.717, 1.165) is 12.0 Å². The number of benzene rings is 2. The van der Waals surface area contributed by atoms with Crippen LogP contribution in [0.5, 0.6) is 11.5 Å². The predicted molar refractivity (Wildman–Crippen MR) is 129 cm³/mol. The Morgan fingerprint density at radius 1 is 1.11 bits per heavy atom. The molecule has 8 heteroatoms. The van der Waals surface area contributed by atoms with Gasteiger partial charge in [0.1, 0.15) is 0 Å². The quantitative estimate of drug-likeness (QED) is 0.514. The molecular formula is C27H30N2O6. The summed E-state index contributed by atoms with van der Waals surface area (Å²) in [6.07, 6.45) is 4.77. The molecule has 0 spiro atoms. The first-order chi connectivity index (χ1) is 16.9. The minimum Gasteiger partial charge on any atom is -0.493 e. The van der Waals surface area contributed by atoms with Crippen LogP contribution in [0.15, 0.2) is 60.8 Å². The SMILES string of the molecule is CCOC(=O)C1N(CCCc2ccccc2)C=CC(c2ccc(OC)c(OC)c2)C1(C#N)C(=O)O. The van der Waals surface area contributed by atoms with Crippen molar-refractivity contribution in [1.82, 2.24) is 4.90 Å². The fourth-order valence-corrected chi connectivity index (χ4v) is 4.57. The van der Waals surface area contributed by atoms with Crippen LogP contribution in [-0.4, -0.2) is 55.4 Å². The van der Waals surface area contributed by atoms with Crippen LogP contribution < -0.4 is 9.47 Å². The molecule has 3 unspecified atom stereocenters. The van der Waals surface area contributed by atoms with E-state index >= 15 is 0 Å². The number of carboxylic acid groups (broad SMARTS) is 1. The number of nitrogens with zero attached hydrogens (tertiary/aromatic N) is 2. The van der Waals surface area contributed by atoms with Crippen LogP contribution in [0.3, 0.4) is 0 Å². The molecule has 0 saturated heterocycles. The summed E-state index contributed by atoms with van der Waals surface area (Å²) in [4.78, 5) is 27.6. The van der Waals surface area contributed by atoms with Crippen molar-refractivity contribution in [3.8, 4) is 17.6 Å². The van der Waals surface area contributed by atoms with Gasteiger partial charge in [0.15, 0.2) is 23.0 Å². The van der Waals surface area contributed by atoms with Crippen LogP contribution in [0.4, 0.5) is 0 Å². The van der Waals surface area contributed by atoms with E-state index in [1.807, 2.05) is 36.4 Å². The Labute approximate surface area is 205 Å². The average molecular weight is 479 g/mol. The fraction of sp³-hybridized carbons (Fsp3) is 0.370. The van der Waals surface area contributed by atoms with E-state index in [-0.39, 0.29) is 6.61 Å². The number of hydrogen-bond donors (Lipinski definition) is 1. The number of carbonyl (C=O) groups is 2. The maximum absolute atomic E-state index is 13.2. The number of nitriles is 1. The highest BCUT2D eigenvalue weighted by Crippen LogP contribution is 2.47. The van der Waals surface area contributed by atoms with Crippen LogP contribution >= 0.6 is 0 Å². The van der Waals surface area contributed by atoms with Gasteiger partial charge in [-0.2, -0.15) is 5.26 Å². The summed E-state index contributed by atoms with van der Waals surface area (Å²) < 4.78 is 15.9. The molecule has 0 bridgehead atoms. The van der Waals surface area contributed by atoms with E-state index in [1.165, 1.54) is 14.2 Å². The molecule has 1 heterocycles. The lowest BCUT2D eigenvalue weighted by atomic mass is 9.65. The molecule has 0 amide bonds. The maximum Gasteiger partial charge on any atom is 0.331 e. The molecule has 3 rings (SSSR count). The number of esters is 1. The number of ether oxygens (including phenoxy) is 3. The molecule has 1 N–H and O–H groups in total. The zero-order chi connectivity index (χ0) is 25.4. The molecule has 0 fully saturated rings. The lowest BCUT2D eigenvalue weighted by molar-refractivity contribution is -0.164. The van der Waals surface area contributed by atoms with Gasteiger partial charge in [0, 0.05) is 12.5 Å². The molecule has 2 aromatic carbocycles. The monoisotopic (exact) mass is 478 g/mol. The minimum atomic E-state index is -2.12. The molecule has 1 aliphatic heterocycles. The van der Waals surface area contributed by atoms with Gasteiger partial charge in [-0.3, -0.25) is 4.79 Å². The van der Waals surface area contributed by atoms with Gasteiger partial charge < -0.3 is 24.2 Å². The summed E-state index contributed by atoms with van der Waals surface area (Å²) in [6, 6.07) is 15.5. The molecule has 0 saturated carbocycles. The van der Waals surface area contributed by atoms with Crippen molar-refractivity contribution < 1.29 is 28.9 Å². The third kappa shape index (κ3) is 5.09. The summed E-state index contributed by atoms with van der Waals surface area (Å²) in [5.41, 5.74) is -0.469. The van der Waals surface area contributed by atoms with Crippen LogP contribution in [0.25, 0.3) is 0 Å². The van der Waals surface area contributed by atoms with Gasteiger partial charge in [0.2, 0.25) is 0 Å². The summed E-state index contributed by atoms with van der Waals surface area (Å²) >= 11 is 0. The molecule has 2 aromatic rings. The summed E-state index contributed by atoms with van der Waals surface area (Å²) in [5.74, 6) is -2.20. The molecule has 3 atom stereocenters. The van der Waals surface area contributed by atoms with E-state index < -0.39 is 29.3 Å². The summed E-state index contributed by atoms with van der Waals surface area (Å²) in [7, 11) is 2.97. The van der Waals surface area contributed by atoms with E-state index in [4.69, 9.17) is 14.2 Å². The molecule has 8 nitrogen and oxygen atoms in total. The first kappa shape index (κ1) is 25.6. The average Bonchev–Trinajstić information content (AvgIpc) is 2.88. The zero-order valence-electron chi connectivity index (χ0n) is 20.1. The Morgan fingerprint density at radius 3 is 2.43 bits per heavy atom. The Morgan fingerprint density at radius 2 is 1.83 bits per heavy atom. The smallest absolute Gasteiger partial charge is 0.331 e. The van der Waals surface area contributed by atoms with Gasteiger partial charge in [-0.15, -0.1) is 0 Å². The van der Waals surface area contributed by atoms with Crippen molar-refractivity contribution >= 4 is 11.9 Å². The van der Waals surface area contributed by atoms with Crippen LogP contribution in [-0.2, 0) is 20.7 Å². The highest BCUT2D eigenvalue weighted by atomic mass is 16.5. The number of rotatable bonds is 10. The molecule has 1 aliphatic rings. The maximum atomic E-state index is 13.2. The Hall–Kier alpha value is -3.99. The first-order valence-electron chi connectivity index (χ1n) is 11.4. The lowest BCUT2D eigenvalue weighted by Crippen LogP contribution is -2.59. The standard InChI is InChI=1S/C27H30N2O6/c1-4-35-25(30)24-27(18-28,26(31)32)21(20-12-13-22(33-2)23(17-20)34-3)14-16-29(24)15-8-11-19-9-6-5-7-10-19/h5-7,9-10,12-14,16-17,21,24H,4,8,11,15H2,1-3H3,(H,31,32). The van der Waals surface area contributed by atoms with Gasteiger partial charge in [0.05, 0.1) is 26.9 Å². The third-order valence-electron chi connectivity index (χ3n) is 6.26. The number of hydrogen-bond acceptors (Lipinski definition) is 7. The van der Waals surface area contributed by atoms with Crippen molar-refractivity contribution in [3.63, 3.8) is 0 Å². The number of methoxy groups -OCH3 is 2. The molecule has 0 aliphatic carbocycles. The molecule has 0 radical (unpaired) electrons. The van der Waals surface area contributed by atoms with E-state index in [1.54, 1.807) is 42.3 Å². The number of allylic oxidation sites excluding steroid dienone is 1. The lowest BCUT2D eigenvalue weighted by Gasteiger charge is -2.44. The van der Waals surface area contributed by atoms with Gasteiger partial charge in [-0.05, 0) is 49.2 Å². The number of carbonyl (C=O) groups excluding carboxylic acids is 1. The van der Waals surface area contributed by atoms with Crippen LogP contribution in [0.2, 0.25) is 0 Å². The summed E-state index contributed by atoms with van der Waals surface area (Å²) in [5, 5.41) is 20.7. The van der Waals surface area contributed by atoms with E-state index in [9.17, 15) is 20.0 Å². The van der Waals surface area contributed by atoms with Crippen molar-refractivity contribution in [2.45, 2.75) is 31.7 Å². The molecular weight excluding hydrogens is 448 g/mol. The number of carboxylic acids is 1.